The van der Waals surface area contributed by atoms with Gasteiger partial charge >= 0.3 is 11.8 Å². The van der Waals surface area contributed by atoms with E-state index in [1.807, 2.05) is 6.07 Å². The molecule has 0 radical (unpaired) electrons. The molecular formula is C20H16ClN3O3. The van der Waals surface area contributed by atoms with Crippen LogP contribution in [0.5, 0.6) is 5.75 Å². The molecule has 3 aromatic rings. The lowest BCUT2D eigenvalue weighted by atomic mass is 10.1. The zero-order valence-electron chi connectivity index (χ0n) is 14.2. The van der Waals surface area contributed by atoms with Gasteiger partial charge in [0.25, 0.3) is 0 Å². The predicted molar refractivity (Wildman–Crippen MR) is 103 cm³/mol. The predicted octanol–water partition coefficient (Wildman–Crippen LogP) is 3.46. The summed E-state index contributed by atoms with van der Waals surface area (Å²) in [5.41, 5.74) is 6.85. The number of anilines is 2. The molecule has 6 nitrogen and oxygen atoms in total. The van der Waals surface area contributed by atoms with Gasteiger partial charge in [0.1, 0.15) is 12.4 Å². The SMILES string of the molecule is NC(=O)C(=O)N(c1ccccc1)c1ccc(Cl)c(COc2cccnc2)c1. The van der Waals surface area contributed by atoms with Gasteiger partial charge in [0.05, 0.1) is 6.20 Å². The number of carbonyl (C=O) groups excluding carboxylic acids is 2. The van der Waals surface area contributed by atoms with Crippen molar-refractivity contribution in [2.75, 3.05) is 4.90 Å². The first kappa shape index (κ1) is 18.4. The first-order valence-corrected chi connectivity index (χ1v) is 8.44. The standard InChI is InChI=1S/C20H16ClN3O3/c21-18-9-8-16(11-14(18)13-27-17-7-4-10-23-12-17)24(20(26)19(22)25)15-5-2-1-3-6-15/h1-12H,13H2,(H2,22,25). The van der Waals surface area contributed by atoms with Crippen molar-refractivity contribution >= 4 is 34.8 Å². The molecule has 1 aromatic heterocycles. The molecule has 0 saturated carbocycles. The lowest BCUT2D eigenvalue weighted by molar-refractivity contribution is -0.135. The topological polar surface area (TPSA) is 85.5 Å². The van der Waals surface area contributed by atoms with E-state index in [0.717, 1.165) is 0 Å². The molecule has 7 heteroatoms. The minimum Gasteiger partial charge on any atom is -0.487 e. The third-order valence-electron chi connectivity index (χ3n) is 3.74. The lowest BCUT2D eigenvalue weighted by Crippen LogP contribution is -2.37. The third kappa shape index (κ3) is 4.43. The number of halogens is 1. The minimum atomic E-state index is -1.05. The summed E-state index contributed by atoms with van der Waals surface area (Å²) in [5.74, 6) is -1.31. The Labute approximate surface area is 161 Å². The van der Waals surface area contributed by atoms with Crippen LogP contribution in [-0.2, 0) is 16.2 Å². The van der Waals surface area contributed by atoms with Gasteiger partial charge in [-0.2, -0.15) is 0 Å². The highest BCUT2D eigenvalue weighted by molar-refractivity contribution is 6.41. The molecular weight excluding hydrogens is 366 g/mol. The number of aromatic nitrogens is 1. The van der Waals surface area contributed by atoms with E-state index < -0.39 is 11.8 Å². The summed E-state index contributed by atoms with van der Waals surface area (Å²) in [6.45, 7) is 0.172. The van der Waals surface area contributed by atoms with Crippen LogP contribution in [0.4, 0.5) is 11.4 Å². The molecule has 0 spiro atoms. The summed E-state index contributed by atoms with van der Waals surface area (Å²) in [6, 6.07) is 17.3. The van der Waals surface area contributed by atoms with E-state index in [4.69, 9.17) is 22.1 Å². The fourth-order valence-electron chi connectivity index (χ4n) is 2.48. The zero-order chi connectivity index (χ0) is 19.2. The minimum absolute atomic E-state index is 0.172. The second-order valence-electron chi connectivity index (χ2n) is 5.59. The van der Waals surface area contributed by atoms with Crippen LogP contribution in [0.25, 0.3) is 0 Å². The molecule has 136 valence electrons. The molecule has 27 heavy (non-hydrogen) atoms. The van der Waals surface area contributed by atoms with Crippen LogP contribution < -0.4 is 15.4 Å². The van der Waals surface area contributed by atoms with Crippen LogP contribution in [0.1, 0.15) is 5.56 Å². The van der Waals surface area contributed by atoms with Gasteiger partial charge in [0, 0.05) is 28.2 Å². The van der Waals surface area contributed by atoms with Crippen molar-refractivity contribution in [3.8, 4) is 5.75 Å². The van der Waals surface area contributed by atoms with Crippen LogP contribution in [0.15, 0.2) is 73.1 Å². The first-order valence-electron chi connectivity index (χ1n) is 8.06. The van der Waals surface area contributed by atoms with Gasteiger partial charge in [-0.3, -0.25) is 19.5 Å². The zero-order valence-corrected chi connectivity index (χ0v) is 15.0. The van der Waals surface area contributed by atoms with Gasteiger partial charge in [0.2, 0.25) is 0 Å². The third-order valence-corrected chi connectivity index (χ3v) is 4.11. The van der Waals surface area contributed by atoms with Crippen molar-refractivity contribution in [2.45, 2.75) is 6.61 Å². The van der Waals surface area contributed by atoms with E-state index in [9.17, 15) is 9.59 Å². The van der Waals surface area contributed by atoms with E-state index in [-0.39, 0.29) is 6.61 Å². The maximum atomic E-state index is 12.4. The maximum Gasteiger partial charge on any atom is 0.320 e. The molecule has 0 saturated heterocycles. The number of ether oxygens (including phenoxy) is 1. The Morgan fingerprint density at radius 2 is 1.81 bits per heavy atom. The van der Waals surface area contributed by atoms with Crippen LogP contribution in [0.3, 0.4) is 0 Å². The van der Waals surface area contributed by atoms with Gasteiger partial charge in [-0.05, 0) is 42.5 Å². The normalized spacial score (nSPS) is 10.3. The Kier molecular flexibility index (Phi) is 5.68. The number of nitrogens with two attached hydrogens (primary N) is 1. The molecule has 0 aliphatic heterocycles. The van der Waals surface area contributed by atoms with Crippen LogP contribution in [0.2, 0.25) is 5.02 Å². The second-order valence-corrected chi connectivity index (χ2v) is 6.00. The second kappa shape index (κ2) is 8.33. The van der Waals surface area contributed by atoms with Crippen LogP contribution >= 0.6 is 11.6 Å². The lowest BCUT2D eigenvalue weighted by Gasteiger charge is -2.22. The Morgan fingerprint density at radius 3 is 2.48 bits per heavy atom. The average Bonchev–Trinajstić information content (AvgIpc) is 2.70. The summed E-state index contributed by atoms with van der Waals surface area (Å²) >= 11 is 6.26. The summed E-state index contributed by atoms with van der Waals surface area (Å²) in [5, 5.41) is 0.474. The van der Waals surface area contributed by atoms with E-state index in [2.05, 4.69) is 4.98 Å². The van der Waals surface area contributed by atoms with Crippen molar-refractivity contribution in [1.29, 1.82) is 0 Å². The molecule has 0 fully saturated rings. The van der Waals surface area contributed by atoms with Gasteiger partial charge in [-0.15, -0.1) is 0 Å². The van der Waals surface area contributed by atoms with E-state index in [1.54, 1.807) is 67.0 Å². The number of amides is 2. The van der Waals surface area contributed by atoms with Crippen molar-refractivity contribution in [1.82, 2.24) is 4.98 Å². The molecule has 2 N–H and O–H groups in total. The van der Waals surface area contributed by atoms with E-state index in [1.165, 1.54) is 4.90 Å². The molecule has 0 bridgehead atoms. The Hall–Kier alpha value is -3.38. The number of para-hydroxylation sites is 1. The molecule has 3 rings (SSSR count). The quantitative estimate of drug-likeness (QED) is 0.686. The molecule has 0 aliphatic carbocycles. The average molecular weight is 382 g/mol. The van der Waals surface area contributed by atoms with Crippen molar-refractivity contribution < 1.29 is 14.3 Å². The number of hydrogen-bond acceptors (Lipinski definition) is 4. The Balaban J connectivity index is 1.93. The number of hydrogen-bond donors (Lipinski definition) is 1. The Bertz CT molecular complexity index is 949. The number of benzene rings is 2. The summed E-state index contributed by atoms with van der Waals surface area (Å²) in [7, 11) is 0. The van der Waals surface area contributed by atoms with Gasteiger partial charge in [0.15, 0.2) is 0 Å². The smallest absolute Gasteiger partial charge is 0.320 e. The summed E-state index contributed by atoms with van der Waals surface area (Å²) in [6.07, 6.45) is 3.23. The fraction of sp³-hybridized carbons (Fsp3) is 0.0500. The number of nitrogens with zero attached hydrogens (tertiary/aromatic N) is 2. The summed E-state index contributed by atoms with van der Waals surface area (Å²) in [4.78, 5) is 29.1. The number of primary amides is 1. The number of carbonyl (C=O) groups is 2. The van der Waals surface area contributed by atoms with Crippen LogP contribution in [0, 0.1) is 0 Å². The highest BCUT2D eigenvalue weighted by Crippen LogP contribution is 2.30. The molecule has 1 heterocycles. The van der Waals surface area contributed by atoms with Crippen molar-refractivity contribution in [3.05, 3.63) is 83.6 Å². The fourth-order valence-corrected chi connectivity index (χ4v) is 2.65. The highest BCUT2D eigenvalue weighted by atomic mass is 35.5. The Morgan fingerprint density at radius 1 is 1.04 bits per heavy atom. The number of pyridine rings is 1. The van der Waals surface area contributed by atoms with Crippen molar-refractivity contribution in [3.63, 3.8) is 0 Å². The number of rotatable bonds is 5. The monoisotopic (exact) mass is 381 g/mol. The molecule has 0 aliphatic rings. The van der Waals surface area contributed by atoms with E-state index in [0.29, 0.717) is 27.7 Å². The molecule has 2 aromatic carbocycles. The van der Waals surface area contributed by atoms with Gasteiger partial charge < -0.3 is 10.5 Å². The molecule has 0 atom stereocenters. The molecule has 0 unspecified atom stereocenters. The molecule has 2 amide bonds. The maximum absolute atomic E-state index is 12.4. The summed E-state index contributed by atoms with van der Waals surface area (Å²) < 4.78 is 5.68. The highest BCUT2D eigenvalue weighted by Gasteiger charge is 2.23. The van der Waals surface area contributed by atoms with Gasteiger partial charge in [-0.25, -0.2) is 0 Å². The van der Waals surface area contributed by atoms with Crippen LogP contribution in [-0.4, -0.2) is 16.8 Å². The van der Waals surface area contributed by atoms with E-state index >= 15 is 0 Å². The largest absolute Gasteiger partial charge is 0.487 e. The van der Waals surface area contributed by atoms with Crippen molar-refractivity contribution in [2.24, 2.45) is 5.73 Å². The first-order chi connectivity index (χ1) is 13.1. The van der Waals surface area contributed by atoms with Gasteiger partial charge in [-0.1, -0.05) is 29.8 Å².